The van der Waals surface area contributed by atoms with Gasteiger partial charge in [-0.25, -0.2) is 8.42 Å². The summed E-state index contributed by atoms with van der Waals surface area (Å²) in [6.07, 6.45) is 0.716. The van der Waals surface area contributed by atoms with E-state index < -0.39 is 9.84 Å². The summed E-state index contributed by atoms with van der Waals surface area (Å²) in [6, 6.07) is 14.5. The van der Waals surface area contributed by atoms with E-state index in [4.69, 9.17) is 0 Å². The zero-order valence-corrected chi connectivity index (χ0v) is 16.5. The molecule has 0 radical (unpaired) electrons. The van der Waals surface area contributed by atoms with Crippen LogP contribution in [-0.2, 0) is 21.1 Å². The number of hydrogen-bond acceptors (Lipinski definition) is 5. The average Bonchev–Trinajstić information content (AvgIpc) is 3.32. The lowest BCUT2D eigenvalue weighted by Crippen LogP contribution is -2.27. The van der Waals surface area contributed by atoms with Gasteiger partial charge in [0, 0.05) is 28.3 Å². The van der Waals surface area contributed by atoms with Crippen molar-refractivity contribution in [3.05, 3.63) is 64.2 Å². The fraction of sp³-hybridized carbons (Fsp3) is 0.211. The summed E-state index contributed by atoms with van der Waals surface area (Å²) in [5, 5.41) is 6.97. The number of nitrogens with one attached hydrogen (secondary N) is 1. The van der Waals surface area contributed by atoms with Crippen LogP contribution in [-0.4, -0.2) is 26.6 Å². The van der Waals surface area contributed by atoms with Crippen LogP contribution >= 0.6 is 22.7 Å². The Labute approximate surface area is 161 Å². The van der Waals surface area contributed by atoms with Crippen molar-refractivity contribution in [3.8, 4) is 10.4 Å². The lowest BCUT2D eigenvalue weighted by Gasteiger charge is -2.06. The highest BCUT2D eigenvalue weighted by Crippen LogP contribution is 2.29. The van der Waals surface area contributed by atoms with E-state index in [1.54, 1.807) is 53.0 Å². The summed E-state index contributed by atoms with van der Waals surface area (Å²) in [4.78, 5) is 14.6. The summed E-state index contributed by atoms with van der Waals surface area (Å²) in [5.41, 5.74) is 1.22. The standard InChI is InChI=1S/C19H19NO3S3/c21-19(10-13-26(22,23)17-4-2-1-3-5-17)20-11-8-16-6-7-18(25-16)15-9-12-24-14-15/h1-7,9,12,14H,8,10-11,13H2,(H,20,21). The lowest BCUT2D eigenvalue weighted by atomic mass is 10.3. The van der Waals surface area contributed by atoms with E-state index in [0.717, 1.165) is 6.42 Å². The van der Waals surface area contributed by atoms with Crippen LogP contribution in [0.4, 0.5) is 0 Å². The minimum atomic E-state index is -3.41. The Kier molecular flexibility index (Phi) is 6.24. The van der Waals surface area contributed by atoms with E-state index in [9.17, 15) is 13.2 Å². The quantitative estimate of drug-likeness (QED) is 0.616. The summed E-state index contributed by atoms with van der Waals surface area (Å²) < 4.78 is 24.3. The molecule has 0 aliphatic carbocycles. The maximum absolute atomic E-state index is 12.2. The maximum Gasteiger partial charge on any atom is 0.221 e. The number of hydrogen-bond donors (Lipinski definition) is 1. The number of carbonyl (C=O) groups excluding carboxylic acids is 1. The lowest BCUT2D eigenvalue weighted by molar-refractivity contribution is -0.120. The molecule has 2 aromatic heterocycles. The summed E-state index contributed by atoms with van der Waals surface area (Å²) in [5.74, 6) is -0.413. The van der Waals surface area contributed by atoms with E-state index in [1.807, 2.05) is 0 Å². The van der Waals surface area contributed by atoms with Gasteiger partial charge < -0.3 is 5.32 Å². The van der Waals surface area contributed by atoms with E-state index in [2.05, 4.69) is 34.3 Å². The molecule has 0 bridgehead atoms. The minimum absolute atomic E-state index is 0.0260. The third-order valence-corrected chi connectivity index (χ3v) is 7.47. The Balaban J connectivity index is 1.43. The van der Waals surface area contributed by atoms with Crippen LogP contribution < -0.4 is 5.32 Å². The van der Waals surface area contributed by atoms with E-state index in [-0.39, 0.29) is 23.0 Å². The van der Waals surface area contributed by atoms with Crippen molar-refractivity contribution in [3.63, 3.8) is 0 Å². The van der Waals surface area contributed by atoms with Gasteiger partial charge in [-0.2, -0.15) is 11.3 Å². The molecule has 0 aliphatic heterocycles. The first-order valence-electron chi connectivity index (χ1n) is 8.20. The second kappa shape index (κ2) is 8.62. The van der Waals surface area contributed by atoms with Crippen LogP contribution in [0.25, 0.3) is 10.4 Å². The number of thiophene rings is 2. The molecule has 4 nitrogen and oxygen atoms in total. The third kappa shape index (κ3) is 5.03. The van der Waals surface area contributed by atoms with Crippen LogP contribution in [0.5, 0.6) is 0 Å². The molecule has 0 saturated heterocycles. The molecule has 0 spiro atoms. The van der Waals surface area contributed by atoms with Gasteiger partial charge in [-0.15, -0.1) is 11.3 Å². The molecule has 0 aliphatic rings. The van der Waals surface area contributed by atoms with Gasteiger partial charge in [-0.05, 0) is 47.5 Å². The highest BCUT2D eigenvalue weighted by atomic mass is 32.2. The van der Waals surface area contributed by atoms with Crippen LogP contribution in [0.15, 0.2) is 64.2 Å². The fourth-order valence-corrected chi connectivity index (χ4v) is 5.45. The Hall–Kier alpha value is -1.96. The second-order valence-corrected chi connectivity index (χ2v) is 9.82. The van der Waals surface area contributed by atoms with Crippen molar-refractivity contribution in [1.82, 2.24) is 5.32 Å². The molecule has 0 unspecified atom stereocenters. The first-order valence-corrected chi connectivity index (χ1v) is 11.6. The van der Waals surface area contributed by atoms with Crippen molar-refractivity contribution < 1.29 is 13.2 Å². The monoisotopic (exact) mass is 405 g/mol. The fourth-order valence-electron chi connectivity index (χ4n) is 2.46. The molecule has 1 aromatic carbocycles. The van der Waals surface area contributed by atoms with Crippen LogP contribution in [0.1, 0.15) is 11.3 Å². The number of amides is 1. The van der Waals surface area contributed by atoms with Gasteiger partial charge in [0.1, 0.15) is 0 Å². The predicted octanol–water partition coefficient (Wildman–Crippen LogP) is 4.00. The minimum Gasteiger partial charge on any atom is -0.356 e. The first kappa shape index (κ1) is 18.8. The zero-order valence-electron chi connectivity index (χ0n) is 14.1. The summed E-state index contributed by atoms with van der Waals surface area (Å²) in [7, 11) is -3.41. The number of carbonyl (C=O) groups is 1. The second-order valence-electron chi connectivity index (χ2n) is 5.76. The molecule has 1 N–H and O–H groups in total. The van der Waals surface area contributed by atoms with Gasteiger partial charge in [0.25, 0.3) is 0 Å². The molecular weight excluding hydrogens is 386 g/mol. The molecule has 136 valence electrons. The Bertz CT molecular complexity index is 945. The SMILES string of the molecule is O=C(CCS(=O)(=O)c1ccccc1)NCCc1ccc(-c2ccsc2)s1. The van der Waals surface area contributed by atoms with Gasteiger partial charge in [0.2, 0.25) is 5.91 Å². The number of benzene rings is 1. The van der Waals surface area contributed by atoms with E-state index in [1.165, 1.54) is 15.3 Å². The van der Waals surface area contributed by atoms with Gasteiger partial charge in [0.05, 0.1) is 10.6 Å². The number of rotatable bonds is 8. The molecular formula is C19H19NO3S3. The third-order valence-electron chi connectivity index (χ3n) is 3.86. The summed E-state index contributed by atoms with van der Waals surface area (Å²) >= 11 is 3.39. The van der Waals surface area contributed by atoms with Gasteiger partial charge >= 0.3 is 0 Å². The highest BCUT2D eigenvalue weighted by Gasteiger charge is 2.15. The highest BCUT2D eigenvalue weighted by molar-refractivity contribution is 7.91. The normalized spacial score (nSPS) is 11.4. The van der Waals surface area contributed by atoms with Crippen molar-refractivity contribution in [1.29, 1.82) is 0 Å². The van der Waals surface area contributed by atoms with Crippen LogP contribution in [0, 0.1) is 0 Å². The Morgan fingerprint density at radius 2 is 1.85 bits per heavy atom. The molecule has 3 rings (SSSR count). The first-order chi connectivity index (χ1) is 12.5. The molecule has 7 heteroatoms. The smallest absolute Gasteiger partial charge is 0.221 e. The zero-order chi connectivity index (χ0) is 18.4. The molecule has 0 fully saturated rings. The molecule has 0 atom stereocenters. The molecule has 3 aromatic rings. The van der Waals surface area contributed by atoms with Crippen molar-refractivity contribution >= 4 is 38.4 Å². The van der Waals surface area contributed by atoms with E-state index >= 15 is 0 Å². The van der Waals surface area contributed by atoms with Crippen molar-refractivity contribution in [2.24, 2.45) is 0 Å². The van der Waals surface area contributed by atoms with Crippen molar-refractivity contribution in [2.45, 2.75) is 17.7 Å². The molecule has 2 heterocycles. The van der Waals surface area contributed by atoms with Crippen LogP contribution in [0.3, 0.4) is 0 Å². The largest absolute Gasteiger partial charge is 0.356 e. The Morgan fingerprint density at radius 3 is 2.58 bits per heavy atom. The van der Waals surface area contributed by atoms with Crippen LogP contribution in [0.2, 0.25) is 0 Å². The van der Waals surface area contributed by atoms with E-state index in [0.29, 0.717) is 6.54 Å². The van der Waals surface area contributed by atoms with Gasteiger partial charge in [-0.1, -0.05) is 18.2 Å². The summed E-state index contributed by atoms with van der Waals surface area (Å²) in [6.45, 7) is 0.508. The topological polar surface area (TPSA) is 63.2 Å². The maximum atomic E-state index is 12.2. The predicted molar refractivity (Wildman–Crippen MR) is 107 cm³/mol. The van der Waals surface area contributed by atoms with Gasteiger partial charge in [-0.3, -0.25) is 4.79 Å². The number of sulfone groups is 1. The van der Waals surface area contributed by atoms with Gasteiger partial charge in [0.15, 0.2) is 9.84 Å². The molecule has 0 saturated carbocycles. The average molecular weight is 406 g/mol. The molecule has 1 amide bonds. The van der Waals surface area contributed by atoms with Crippen molar-refractivity contribution in [2.75, 3.05) is 12.3 Å². The Morgan fingerprint density at radius 1 is 1.04 bits per heavy atom. The molecule has 26 heavy (non-hydrogen) atoms.